The molecule has 0 radical (unpaired) electrons. The highest BCUT2D eigenvalue weighted by molar-refractivity contribution is 7.14. The van der Waals surface area contributed by atoms with Gasteiger partial charge >= 0.3 is 0 Å². The van der Waals surface area contributed by atoms with Crippen LogP contribution in [-0.4, -0.2) is 28.7 Å². The van der Waals surface area contributed by atoms with Crippen LogP contribution in [0.25, 0.3) is 0 Å². The van der Waals surface area contributed by atoms with Crippen molar-refractivity contribution in [3.8, 4) is 0 Å². The van der Waals surface area contributed by atoms with Crippen LogP contribution in [0.15, 0.2) is 23.6 Å². The van der Waals surface area contributed by atoms with Gasteiger partial charge in [-0.25, -0.2) is 4.98 Å². The zero-order valence-electron chi connectivity index (χ0n) is 11.9. The molecule has 0 fully saturated rings. The van der Waals surface area contributed by atoms with Crippen molar-refractivity contribution in [3.63, 3.8) is 0 Å². The first-order valence-electron chi connectivity index (χ1n) is 6.29. The number of carbonyl (C=O) groups is 2. The van der Waals surface area contributed by atoms with Gasteiger partial charge in [0.25, 0.3) is 5.91 Å². The van der Waals surface area contributed by atoms with Crippen LogP contribution in [0.5, 0.6) is 0 Å². The molecule has 5 nitrogen and oxygen atoms in total. The van der Waals surface area contributed by atoms with E-state index in [1.165, 1.54) is 23.2 Å². The van der Waals surface area contributed by atoms with Crippen molar-refractivity contribution in [3.05, 3.63) is 44.9 Å². The van der Waals surface area contributed by atoms with E-state index in [-0.39, 0.29) is 17.5 Å². The summed E-state index contributed by atoms with van der Waals surface area (Å²) in [5, 5.41) is 5.48. The van der Waals surface area contributed by atoms with E-state index in [9.17, 15) is 9.59 Å². The second-order valence-corrected chi connectivity index (χ2v) is 6.30. The monoisotopic (exact) mass is 357 g/mol. The summed E-state index contributed by atoms with van der Waals surface area (Å²) >= 11 is 13.0. The molecule has 2 rings (SSSR count). The topological polar surface area (TPSA) is 62.3 Å². The van der Waals surface area contributed by atoms with Gasteiger partial charge < -0.3 is 10.2 Å². The highest BCUT2D eigenvalue weighted by Crippen LogP contribution is 2.23. The molecular weight excluding hydrogens is 345 g/mol. The number of aromatic nitrogens is 1. The highest BCUT2D eigenvalue weighted by Gasteiger charge is 2.16. The van der Waals surface area contributed by atoms with Crippen LogP contribution in [0, 0.1) is 0 Å². The van der Waals surface area contributed by atoms with E-state index in [0.29, 0.717) is 21.7 Å². The molecule has 0 atom stereocenters. The van der Waals surface area contributed by atoms with Crippen molar-refractivity contribution in [2.75, 3.05) is 12.4 Å². The number of benzene rings is 1. The average molecular weight is 358 g/mol. The van der Waals surface area contributed by atoms with Crippen molar-refractivity contribution in [1.82, 2.24) is 9.88 Å². The van der Waals surface area contributed by atoms with E-state index in [2.05, 4.69) is 10.3 Å². The van der Waals surface area contributed by atoms with Gasteiger partial charge in [0, 0.05) is 25.9 Å². The van der Waals surface area contributed by atoms with Gasteiger partial charge in [-0.2, -0.15) is 0 Å². The second-order valence-electron chi connectivity index (χ2n) is 4.63. The normalized spacial score (nSPS) is 10.4. The minimum Gasteiger partial charge on any atom is -0.336 e. The first-order valence-corrected chi connectivity index (χ1v) is 7.93. The molecule has 116 valence electrons. The molecule has 1 heterocycles. The van der Waals surface area contributed by atoms with Gasteiger partial charge in [-0.1, -0.05) is 29.3 Å². The maximum atomic E-state index is 12.3. The predicted octanol–water partition coefficient (Wildman–Crippen LogP) is 3.68. The van der Waals surface area contributed by atoms with Gasteiger partial charge in [-0.15, -0.1) is 11.3 Å². The predicted molar refractivity (Wildman–Crippen MR) is 88.7 cm³/mol. The standard InChI is InChI=1S/C14H13Cl2N3O2S/c1-8(20)17-14-18-12(7-22-14)13(21)19(2)6-9-3-4-10(15)11(16)5-9/h3-5,7H,6H2,1-2H3,(H,17,18,20). The highest BCUT2D eigenvalue weighted by atomic mass is 35.5. The van der Waals surface area contributed by atoms with Gasteiger partial charge in [0.15, 0.2) is 5.13 Å². The third-order valence-corrected chi connectivity index (χ3v) is 4.25. The summed E-state index contributed by atoms with van der Waals surface area (Å²) in [6, 6.07) is 5.22. The minimum atomic E-state index is -0.237. The van der Waals surface area contributed by atoms with E-state index in [4.69, 9.17) is 23.2 Å². The fraction of sp³-hybridized carbons (Fsp3) is 0.214. The average Bonchev–Trinajstić information content (AvgIpc) is 2.89. The lowest BCUT2D eigenvalue weighted by Gasteiger charge is -2.16. The third-order valence-electron chi connectivity index (χ3n) is 2.76. The molecule has 0 spiro atoms. The Hall–Kier alpha value is -1.63. The van der Waals surface area contributed by atoms with E-state index < -0.39 is 0 Å². The molecule has 8 heteroatoms. The molecule has 0 saturated carbocycles. The summed E-state index contributed by atoms with van der Waals surface area (Å²) in [5.41, 5.74) is 1.15. The molecular formula is C14H13Cl2N3O2S. The van der Waals surface area contributed by atoms with E-state index in [0.717, 1.165) is 5.56 Å². The quantitative estimate of drug-likeness (QED) is 0.907. The number of hydrogen-bond donors (Lipinski definition) is 1. The van der Waals surface area contributed by atoms with Crippen molar-refractivity contribution in [2.24, 2.45) is 0 Å². The second kappa shape index (κ2) is 7.09. The summed E-state index contributed by atoms with van der Waals surface area (Å²) in [7, 11) is 1.67. The molecule has 2 aromatic rings. The Morgan fingerprint density at radius 2 is 2.05 bits per heavy atom. The van der Waals surface area contributed by atoms with Gasteiger partial charge in [0.2, 0.25) is 5.91 Å². The smallest absolute Gasteiger partial charge is 0.273 e. The Morgan fingerprint density at radius 3 is 2.68 bits per heavy atom. The lowest BCUT2D eigenvalue weighted by molar-refractivity contribution is -0.114. The number of hydrogen-bond acceptors (Lipinski definition) is 4. The van der Waals surface area contributed by atoms with Crippen LogP contribution in [0.3, 0.4) is 0 Å². The number of halogens is 2. The molecule has 0 saturated heterocycles. The minimum absolute atomic E-state index is 0.225. The molecule has 0 aliphatic rings. The van der Waals surface area contributed by atoms with Crippen LogP contribution in [-0.2, 0) is 11.3 Å². The molecule has 2 amide bonds. The molecule has 1 aromatic heterocycles. The van der Waals surface area contributed by atoms with Gasteiger partial charge in [0.05, 0.1) is 10.0 Å². The van der Waals surface area contributed by atoms with E-state index in [1.54, 1.807) is 24.6 Å². The number of nitrogens with one attached hydrogen (secondary N) is 1. The lowest BCUT2D eigenvalue weighted by Crippen LogP contribution is -2.26. The fourth-order valence-corrected chi connectivity index (χ4v) is 2.81. The summed E-state index contributed by atoms with van der Waals surface area (Å²) in [6.45, 7) is 1.77. The van der Waals surface area contributed by atoms with E-state index in [1.807, 2.05) is 6.07 Å². The lowest BCUT2D eigenvalue weighted by atomic mass is 10.2. The van der Waals surface area contributed by atoms with Crippen LogP contribution in [0.1, 0.15) is 23.0 Å². The summed E-state index contributed by atoms with van der Waals surface area (Å²) < 4.78 is 0. The summed E-state index contributed by atoms with van der Waals surface area (Å²) in [5.74, 6) is -0.462. The number of thiazole rings is 1. The number of amides is 2. The third kappa shape index (κ3) is 4.19. The fourth-order valence-electron chi connectivity index (χ4n) is 1.76. The first-order chi connectivity index (χ1) is 10.4. The first kappa shape index (κ1) is 16.7. The Morgan fingerprint density at radius 1 is 1.32 bits per heavy atom. The van der Waals surface area contributed by atoms with Crippen molar-refractivity contribution in [1.29, 1.82) is 0 Å². The zero-order chi connectivity index (χ0) is 16.3. The van der Waals surface area contributed by atoms with Crippen LogP contribution in [0.2, 0.25) is 10.0 Å². The molecule has 0 aliphatic carbocycles. The van der Waals surface area contributed by atoms with Crippen LogP contribution >= 0.6 is 34.5 Å². The molecule has 0 unspecified atom stereocenters. The van der Waals surface area contributed by atoms with Gasteiger partial charge in [0.1, 0.15) is 5.69 Å². The summed E-state index contributed by atoms with van der Waals surface area (Å²) in [4.78, 5) is 28.9. The SMILES string of the molecule is CC(=O)Nc1nc(C(=O)N(C)Cc2ccc(Cl)c(Cl)c2)cs1. The van der Waals surface area contributed by atoms with Gasteiger partial charge in [-0.05, 0) is 17.7 Å². The van der Waals surface area contributed by atoms with Gasteiger partial charge in [-0.3, -0.25) is 9.59 Å². The summed E-state index contributed by atoms with van der Waals surface area (Å²) in [6.07, 6.45) is 0. The largest absolute Gasteiger partial charge is 0.336 e. The van der Waals surface area contributed by atoms with Crippen molar-refractivity contribution in [2.45, 2.75) is 13.5 Å². The zero-order valence-corrected chi connectivity index (χ0v) is 14.2. The number of carbonyl (C=O) groups excluding carboxylic acids is 2. The van der Waals surface area contributed by atoms with Crippen LogP contribution < -0.4 is 5.32 Å². The number of nitrogens with zero attached hydrogens (tertiary/aromatic N) is 2. The van der Waals surface area contributed by atoms with Crippen LogP contribution in [0.4, 0.5) is 5.13 Å². The number of anilines is 1. The Kier molecular flexibility index (Phi) is 5.39. The Bertz CT molecular complexity index is 718. The van der Waals surface area contributed by atoms with Crippen molar-refractivity contribution >= 4 is 51.5 Å². The molecule has 1 aromatic carbocycles. The van der Waals surface area contributed by atoms with Crippen molar-refractivity contribution < 1.29 is 9.59 Å². The molecule has 0 aliphatic heterocycles. The maximum absolute atomic E-state index is 12.3. The van der Waals surface area contributed by atoms with E-state index >= 15 is 0 Å². The Balaban J connectivity index is 2.06. The molecule has 1 N–H and O–H groups in total. The molecule has 0 bridgehead atoms. The molecule has 22 heavy (non-hydrogen) atoms. The maximum Gasteiger partial charge on any atom is 0.273 e. The number of rotatable bonds is 4. The Labute approximate surface area is 141 Å².